The molecule has 0 aromatic carbocycles. The predicted octanol–water partition coefficient (Wildman–Crippen LogP) is 3.45. The Bertz CT molecular complexity index is 465. The zero-order chi connectivity index (χ0) is 15.3. The number of ether oxygens (including phenoxy) is 1. The first-order valence-corrected chi connectivity index (χ1v) is 8.12. The number of carbonyl (C=O) groups is 1. The second kappa shape index (κ2) is 7.36. The minimum absolute atomic E-state index is 0.135. The summed E-state index contributed by atoms with van der Waals surface area (Å²) in [5.41, 5.74) is 1.26. The highest BCUT2D eigenvalue weighted by molar-refractivity contribution is 9.10. The molecule has 0 amide bonds. The second-order valence-electron chi connectivity index (χ2n) is 4.92. The lowest BCUT2D eigenvalue weighted by Gasteiger charge is -2.30. The highest BCUT2D eigenvalue weighted by Crippen LogP contribution is 2.27. The molecular formula is C15H25BrN2O2. The van der Waals surface area contributed by atoms with Gasteiger partial charge in [0.2, 0.25) is 0 Å². The van der Waals surface area contributed by atoms with Crippen LogP contribution in [0.5, 0.6) is 0 Å². The molecule has 0 N–H and O–H groups in total. The molecule has 1 aromatic rings. The zero-order valence-corrected chi connectivity index (χ0v) is 14.7. The number of halogens is 1. The summed E-state index contributed by atoms with van der Waals surface area (Å²) in [4.78, 5) is 12.7. The molecule has 5 heteroatoms. The monoisotopic (exact) mass is 344 g/mol. The largest absolute Gasteiger partial charge is 0.368 e. The van der Waals surface area contributed by atoms with Crippen LogP contribution in [0.15, 0.2) is 4.47 Å². The number of carbonyl (C=O) groups excluding carboxylic acids is 1. The average molecular weight is 345 g/mol. The Morgan fingerprint density at radius 3 is 2.30 bits per heavy atom. The van der Waals surface area contributed by atoms with Crippen molar-refractivity contribution in [2.24, 2.45) is 7.05 Å². The van der Waals surface area contributed by atoms with E-state index in [-0.39, 0.29) is 5.78 Å². The maximum atomic E-state index is 12.7. The quantitative estimate of drug-likeness (QED) is 0.725. The van der Waals surface area contributed by atoms with Crippen LogP contribution in [0.3, 0.4) is 0 Å². The minimum atomic E-state index is -0.662. The Labute approximate surface area is 130 Å². The molecule has 1 aromatic heterocycles. The van der Waals surface area contributed by atoms with E-state index in [4.69, 9.17) is 4.74 Å². The van der Waals surface area contributed by atoms with Gasteiger partial charge in [-0.15, -0.1) is 0 Å². The molecule has 20 heavy (non-hydrogen) atoms. The molecule has 0 bridgehead atoms. The number of ketones is 1. The van der Waals surface area contributed by atoms with Crippen molar-refractivity contribution < 1.29 is 9.53 Å². The van der Waals surface area contributed by atoms with Gasteiger partial charge in [-0.25, -0.2) is 0 Å². The average Bonchev–Trinajstić information content (AvgIpc) is 2.72. The zero-order valence-electron chi connectivity index (χ0n) is 13.1. The van der Waals surface area contributed by atoms with Crippen LogP contribution < -0.4 is 0 Å². The van der Waals surface area contributed by atoms with Crippen molar-refractivity contribution in [2.75, 3.05) is 6.61 Å². The standard InChI is InChI=1S/C15H25BrN2O2/c1-6-11-14(16)12(18(5)17-11)10-13(19)15(7-2,8-3)20-9-4/h6-10H2,1-5H3. The van der Waals surface area contributed by atoms with E-state index in [9.17, 15) is 4.79 Å². The van der Waals surface area contributed by atoms with Crippen LogP contribution in [0.4, 0.5) is 0 Å². The SMILES string of the molecule is CCOC(CC)(CC)C(=O)Cc1c(Br)c(CC)nn1C. The number of Topliss-reactive ketones (excluding diaryl/α,β-unsaturated/α-hetero) is 1. The molecule has 0 radical (unpaired) electrons. The van der Waals surface area contributed by atoms with Gasteiger partial charge in [-0.1, -0.05) is 20.8 Å². The second-order valence-corrected chi connectivity index (χ2v) is 5.71. The van der Waals surface area contributed by atoms with E-state index in [2.05, 4.69) is 28.0 Å². The van der Waals surface area contributed by atoms with Crippen molar-refractivity contribution in [2.45, 2.75) is 59.0 Å². The number of hydrogen-bond acceptors (Lipinski definition) is 3. The first-order chi connectivity index (χ1) is 9.45. The van der Waals surface area contributed by atoms with E-state index in [1.54, 1.807) is 4.68 Å². The van der Waals surface area contributed by atoms with E-state index in [0.717, 1.165) is 22.3 Å². The molecule has 0 atom stereocenters. The number of aromatic nitrogens is 2. The number of hydrogen-bond donors (Lipinski definition) is 0. The van der Waals surface area contributed by atoms with Gasteiger partial charge in [0.1, 0.15) is 5.60 Å². The first kappa shape index (κ1) is 17.4. The van der Waals surface area contributed by atoms with Crippen molar-refractivity contribution in [3.63, 3.8) is 0 Å². The summed E-state index contributed by atoms with van der Waals surface area (Å²) < 4.78 is 8.53. The van der Waals surface area contributed by atoms with E-state index in [1.165, 1.54) is 0 Å². The third-order valence-corrected chi connectivity index (χ3v) is 4.82. The Balaban J connectivity index is 3.02. The summed E-state index contributed by atoms with van der Waals surface area (Å²) in [6.07, 6.45) is 2.60. The molecule has 1 rings (SSSR count). The fourth-order valence-electron chi connectivity index (χ4n) is 2.53. The number of aryl methyl sites for hydroxylation is 2. The molecule has 114 valence electrons. The summed E-state index contributed by atoms with van der Waals surface area (Å²) in [5, 5.41) is 4.44. The molecular weight excluding hydrogens is 320 g/mol. The van der Waals surface area contributed by atoms with Crippen molar-refractivity contribution in [3.8, 4) is 0 Å². The van der Waals surface area contributed by atoms with Gasteiger partial charge in [-0.2, -0.15) is 5.10 Å². The van der Waals surface area contributed by atoms with Crippen LogP contribution in [-0.2, 0) is 29.4 Å². The lowest BCUT2D eigenvalue weighted by atomic mass is 9.89. The highest BCUT2D eigenvalue weighted by Gasteiger charge is 2.36. The number of rotatable bonds is 8. The first-order valence-electron chi connectivity index (χ1n) is 7.33. The topological polar surface area (TPSA) is 44.1 Å². The van der Waals surface area contributed by atoms with Gasteiger partial charge in [-0.3, -0.25) is 9.48 Å². The van der Waals surface area contributed by atoms with E-state index in [1.807, 2.05) is 27.8 Å². The van der Waals surface area contributed by atoms with Crippen molar-refractivity contribution >= 4 is 21.7 Å². The van der Waals surface area contributed by atoms with E-state index < -0.39 is 5.60 Å². The Kier molecular flexibility index (Phi) is 6.40. The van der Waals surface area contributed by atoms with Crippen LogP contribution in [-0.4, -0.2) is 27.8 Å². The van der Waals surface area contributed by atoms with E-state index >= 15 is 0 Å². The summed E-state index contributed by atoms with van der Waals surface area (Å²) >= 11 is 3.56. The molecule has 0 saturated carbocycles. The summed E-state index contributed by atoms with van der Waals surface area (Å²) in [5.74, 6) is 0.135. The molecule has 0 aliphatic carbocycles. The third-order valence-electron chi connectivity index (χ3n) is 3.90. The molecule has 0 spiro atoms. The Morgan fingerprint density at radius 2 is 1.90 bits per heavy atom. The Morgan fingerprint density at radius 1 is 1.30 bits per heavy atom. The van der Waals surface area contributed by atoms with Gasteiger partial charge in [0.25, 0.3) is 0 Å². The van der Waals surface area contributed by atoms with Crippen LogP contribution in [0, 0.1) is 0 Å². The predicted molar refractivity (Wildman–Crippen MR) is 83.9 cm³/mol. The molecule has 4 nitrogen and oxygen atoms in total. The Hall–Kier alpha value is -0.680. The molecule has 0 unspecified atom stereocenters. The lowest BCUT2D eigenvalue weighted by molar-refractivity contribution is -0.144. The summed E-state index contributed by atoms with van der Waals surface area (Å²) in [6, 6.07) is 0. The summed E-state index contributed by atoms with van der Waals surface area (Å²) in [7, 11) is 1.88. The lowest BCUT2D eigenvalue weighted by Crippen LogP contribution is -2.42. The van der Waals surface area contributed by atoms with Crippen LogP contribution in [0.1, 0.15) is 51.9 Å². The summed E-state index contributed by atoms with van der Waals surface area (Å²) in [6.45, 7) is 8.56. The molecule has 0 fully saturated rings. The molecule has 0 aliphatic rings. The van der Waals surface area contributed by atoms with Gasteiger partial charge in [0.15, 0.2) is 5.78 Å². The minimum Gasteiger partial charge on any atom is -0.368 e. The maximum Gasteiger partial charge on any atom is 0.170 e. The molecule has 1 heterocycles. The van der Waals surface area contributed by atoms with Crippen LogP contribution >= 0.6 is 15.9 Å². The fourth-order valence-corrected chi connectivity index (χ4v) is 3.29. The van der Waals surface area contributed by atoms with Gasteiger partial charge >= 0.3 is 0 Å². The van der Waals surface area contributed by atoms with Crippen molar-refractivity contribution in [3.05, 3.63) is 15.9 Å². The molecule has 0 saturated heterocycles. The number of nitrogens with zero attached hydrogens (tertiary/aromatic N) is 2. The fraction of sp³-hybridized carbons (Fsp3) is 0.733. The van der Waals surface area contributed by atoms with Gasteiger partial charge in [-0.05, 0) is 42.1 Å². The van der Waals surface area contributed by atoms with Crippen molar-refractivity contribution in [1.29, 1.82) is 0 Å². The van der Waals surface area contributed by atoms with Crippen LogP contribution in [0.2, 0.25) is 0 Å². The van der Waals surface area contributed by atoms with E-state index in [0.29, 0.717) is 25.9 Å². The normalized spacial score (nSPS) is 11.9. The van der Waals surface area contributed by atoms with Gasteiger partial charge < -0.3 is 4.74 Å². The smallest absolute Gasteiger partial charge is 0.170 e. The highest BCUT2D eigenvalue weighted by atomic mass is 79.9. The third kappa shape index (κ3) is 3.31. The van der Waals surface area contributed by atoms with Crippen LogP contribution in [0.25, 0.3) is 0 Å². The van der Waals surface area contributed by atoms with Crippen molar-refractivity contribution in [1.82, 2.24) is 9.78 Å². The van der Waals surface area contributed by atoms with Gasteiger partial charge in [0.05, 0.1) is 22.3 Å². The van der Waals surface area contributed by atoms with Gasteiger partial charge in [0, 0.05) is 13.7 Å². The molecule has 0 aliphatic heterocycles. The maximum absolute atomic E-state index is 12.7.